The molecule has 3 heterocycles. The molecule has 0 saturated carbocycles. The quantitative estimate of drug-likeness (QED) is 0.298. The van der Waals surface area contributed by atoms with Gasteiger partial charge in [0.1, 0.15) is 11.9 Å². The van der Waals surface area contributed by atoms with Gasteiger partial charge in [-0.15, -0.1) is 0 Å². The van der Waals surface area contributed by atoms with E-state index >= 15 is 0 Å². The zero-order valence-corrected chi connectivity index (χ0v) is 25.8. The Morgan fingerprint density at radius 1 is 0.907 bits per heavy atom. The number of hydrogen-bond acceptors (Lipinski definition) is 6. The van der Waals surface area contributed by atoms with Gasteiger partial charge in [-0.05, 0) is 73.2 Å². The van der Waals surface area contributed by atoms with Crippen molar-refractivity contribution in [3.63, 3.8) is 0 Å². The first-order valence-electron chi connectivity index (χ1n) is 14.0. The summed E-state index contributed by atoms with van der Waals surface area (Å²) in [6, 6.07) is 17.4. The van der Waals surface area contributed by atoms with E-state index in [9.17, 15) is 17.6 Å². The second-order valence-corrected chi connectivity index (χ2v) is 13.6. The van der Waals surface area contributed by atoms with Gasteiger partial charge in [0.25, 0.3) is 0 Å². The van der Waals surface area contributed by atoms with Gasteiger partial charge < -0.3 is 14.7 Å². The van der Waals surface area contributed by atoms with Gasteiger partial charge in [0.15, 0.2) is 0 Å². The number of halogens is 3. The molecular weight excluding hydrogens is 612 g/mol. The Morgan fingerprint density at radius 2 is 1.70 bits per heavy atom. The van der Waals surface area contributed by atoms with Crippen molar-refractivity contribution < 1.29 is 17.6 Å². The average Bonchev–Trinajstić information content (AvgIpc) is 3.01. The molecule has 8 nitrogen and oxygen atoms in total. The van der Waals surface area contributed by atoms with Crippen LogP contribution in [0.5, 0.6) is 0 Å². The van der Waals surface area contributed by atoms with Gasteiger partial charge in [-0.3, -0.25) is 9.78 Å². The fourth-order valence-corrected chi connectivity index (χ4v) is 7.76. The number of fused-ring (bicyclic) bond motifs is 1. The summed E-state index contributed by atoms with van der Waals surface area (Å²) in [5.74, 6) is -0.546. The molecule has 2 aliphatic heterocycles. The highest BCUT2D eigenvalue weighted by Gasteiger charge is 2.40. The first-order chi connectivity index (χ1) is 20.6. The normalized spacial score (nSPS) is 18.3. The van der Waals surface area contributed by atoms with Crippen LogP contribution in [0.2, 0.25) is 10.0 Å². The van der Waals surface area contributed by atoms with E-state index < -0.39 is 16.1 Å². The summed E-state index contributed by atoms with van der Waals surface area (Å²) in [6.07, 6.45) is 1.66. The molecule has 224 valence electrons. The third-order valence-electron chi connectivity index (χ3n) is 8.15. The van der Waals surface area contributed by atoms with Crippen LogP contribution in [0, 0.1) is 12.7 Å². The number of piperazine rings is 2. The van der Waals surface area contributed by atoms with E-state index in [0.717, 1.165) is 11.1 Å². The maximum absolute atomic E-state index is 14.2. The second-order valence-electron chi connectivity index (χ2n) is 10.8. The third kappa shape index (κ3) is 5.89. The SMILES string of the molecule is Cc1cc(F)ccc1N1CCN(S(=O)(=O)c2ccc3ncccc3c2)CC1C(=O)N1CCN(c2cc(Cl)ccc2Cl)CC1. The fraction of sp³-hybridized carbons (Fsp3) is 0.290. The van der Waals surface area contributed by atoms with E-state index in [-0.39, 0.29) is 36.3 Å². The Balaban J connectivity index is 1.27. The summed E-state index contributed by atoms with van der Waals surface area (Å²) in [5.41, 5.74) is 2.89. The van der Waals surface area contributed by atoms with Crippen molar-refractivity contribution in [3.05, 3.63) is 94.4 Å². The summed E-state index contributed by atoms with van der Waals surface area (Å²) in [4.78, 5) is 24.4. The minimum absolute atomic E-state index is 0.0383. The summed E-state index contributed by atoms with van der Waals surface area (Å²) in [6.45, 7) is 4.15. The topological polar surface area (TPSA) is 77.1 Å². The molecule has 0 spiro atoms. The van der Waals surface area contributed by atoms with Crippen LogP contribution in [0.25, 0.3) is 10.9 Å². The number of rotatable bonds is 5. The van der Waals surface area contributed by atoms with Crippen LogP contribution in [-0.4, -0.2) is 80.4 Å². The molecule has 4 aromatic rings. The van der Waals surface area contributed by atoms with Crippen molar-refractivity contribution in [1.29, 1.82) is 0 Å². The number of nitrogens with zero attached hydrogens (tertiary/aromatic N) is 5. The maximum atomic E-state index is 14.2. The molecule has 0 N–H and O–H groups in total. The molecule has 0 aliphatic carbocycles. The Hall–Kier alpha value is -3.44. The molecular formula is C31H30Cl2FN5O3S. The smallest absolute Gasteiger partial charge is 0.246 e. The highest BCUT2D eigenvalue weighted by atomic mass is 35.5. The number of aryl methyl sites for hydroxylation is 1. The number of pyridine rings is 1. The molecule has 6 rings (SSSR count). The standard InChI is InChI=1S/C31H30Cl2FN5O3S/c1-21-17-24(34)5-9-28(21)39-16-15-38(43(41,42)25-6-8-27-22(18-25)3-2-10-35-27)20-30(39)31(40)37-13-11-36(12-14-37)29-19-23(32)4-7-26(29)33/h2-10,17-19,30H,11-16,20H2,1H3. The molecule has 2 fully saturated rings. The highest BCUT2D eigenvalue weighted by molar-refractivity contribution is 7.89. The number of aromatic nitrogens is 1. The maximum Gasteiger partial charge on any atom is 0.246 e. The molecule has 1 atom stereocenters. The first-order valence-corrected chi connectivity index (χ1v) is 16.2. The van der Waals surface area contributed by atoms with Crippen LogP contribution < -0.4 is 9.80 Å². The third-order valence-corrected chi connectivity index (χ3v) is 10.6. The first kappa shape index (κ1) is 29.6. The lowest BCUT2D eigenvalue weighted by atomic mass is 10.1. The largest absolute Gasteiger partial charge is 0.367 e. The van der Waals surface area contributed by atoms with Gasteiger partial charge in [-0.25, -0.2) is 12.8 Å². The van der Waals surface area contributed by atoms with Crippen molar-refractivity contribution in [3.8, 4) is 0 Å². The summed E-state index contributed by atoms with van der Waals surface area (Å²) < 4.78 is 43.1. The van der Waals surface area contributed by atoms with Crippen LogP contribution in [0.3, 0.4) is 0 Å². The number of carbonyl (C=O) groups is 1. The number of amides is 1. The molecule has 1 aromatic heterocycles. The fourth-order valence-electron chi connectivity index (χ4n) is 5.89. The summed E-state index contributed by atoms with van der Waals surface area (Å²) in [7, 11) is -3.91. The molecule has 0 bridgehead atoms. The van der Waals surface area contributed by atoms with Crippen LogP contribution in [0.15, 0.2) is 77.8 Å². The molecule has 2 saturated heterocycles. The molecule has 1 amide bonds. The second kappa shape index (κ2) is 11.9. The number of hydrogen-bond donors (Lipinski definition) is 0. The van der Waals surface area contributed by atoms with Crippen LogP contribution in [0.1, 0.15) is 5.56 Å². The van der Waals surface area contributed by atoms with Gasteiger partial charge in [0, 0.05) is 68.1 Å². The van der Waals surface area contributed by atoms with E-state index in [1.807, 2.05) is 17.0 Å². The summed E-state index contributed by atoms with van der Waals surface area (Å²) in [5, 5.41) is 1.88. The van der Waals surface area contributed by atoms with Crippen LogP contribution in [-0.2, 0) is 14.8 Å². The van der Waals surface area contributed by atoms with Crippen LogP contribution >= 0.6 is 23.2 Å². The Labute approximate surface area is 260 Å². The molecule has 43 heavy (non-hydrogen) atoms. The predicted molar refractivity (Wildman–Crippen MR) is 168 cm³/mol. The minimum atomic E-state index is -3.91. The lowest BCUT2D eigenvalue weighted by Gasteiger charge is -2.45. The Morgan fingerprint density at radius 3 is 2.47 bits per heavy atom. The van der Waals surface area contributed by atoms with E-state index in [2.05, 4.69) is 9.88 Å². The lowest BCUT2D eigenvalue weighted by molar-refractivity contribution is -0.133. The highest BCUT2D eigenvalue weighted by Crippen LogP contribution is 2.32. The number of sulfonamides is 1. The van der Waals surface area contributed by atoms with Crippen molar-refractivity contribution in [2.24, 2.45) is 0 Å². The van der Waals surface area contributed by atoms with Gasteiger partial charge in [0.2, 0.25) is 15.9 Å². The molecule has 1 unspecified atom stereocenters. The Kier molecular flexibility index (Phi) is 8.21. The van der Waals surface area contributed by atoms with E-state index in [4.69, 9.17) is 23.2 Å². The van der Waals surface area contributed by atoms with Crippen molar-refractivity contribution in [2.75, 3.05) is 55.6 Å². The van der Waals surface area contributed by atoms with E-state index in [1.54, 1.807) is 60.5 Å². The molecule has 12 heteroatoms. The lowest BCUT2D eigenvalue weighted by Crippen LogP contribution is -2.62. The van der Waals surface area contributed by atoms with E-state index in [1.165, 1.54) is 16.4 Å². The molecule has 0 radical (unpaired) electrons. The zero-order chi connectivity index (χ0) is 30.3. The number of benzene rings is 3. The van der Waals surface area contributed by atoms with Gasteiger partial charge in [0.05, 0.1) is 21.1 Å². The monoisotopic (exact) mass is 641 g/mol. The average molecular weight is 643 g/mol. The van der Waals surface area contributed by atoms with Gasteiger partial charge in [-0.2, -0.15) is 4.31 Å². The summed E-state index contributed by atoms with van der Waals surface area (Å²) >= 11 is 12.6. The minimum Gasteiger partial charge on any atom is -0.367 e. The van der Waals surface area contributed by atoms with Crippen molar-refractivity contribution >= 4 is 61.4 Å². The van der Waals surface area contributed by atoms with Crippen molar-refractivity contribution in [1.82, 2.24) is 14.2 Å². The number of carbonyl (C=O) groups excluding carboxylic acids is 1. The molecule has 3 aromatic carbocycles. The van der Waals surface area contributed by atoms with E-state index in [0.29, 0.717) is 53.0 Å². The van der Waals surface area contributed by atoms with Crippen LogP contribution in [0.4, 0.5) is 15.8 Å². The number of anilines is 2. The van der Waals surface area contributed by atoms with Gasteiger partial charge >= 0.3 is 0 Å². The zero-order valence-electron chi connectivity index (χ0n) is 23.5. The van der Waals surface area contributed by atoms with Crippen molar-refractivity contribution in [2.45, 2.75) is 17.9 Å². The predicted octanol–water partition coefficient (Wildman–Crippen LogP) is 5.22. The molecule has 2 aliphatic rings. The Bertz CT molecular complexity index is 1800. The van der Waals surface area contributed by atoms with Gasteiger partial charge in [-0.1, -0.05) is 29.3 Å².